The van der Waals surface area contributed by atoms with E-state index in [0.29, 0.717) is 19.7 Å². The lowest BCUT2D eigenvalue weighted by atomic mass is 10.1. The third kappa shape index (κ3) is 8.48. The molecule has 154 valence electrons. The zero-order valence-corrected chi connectivity index (χ0v) is 19.7. The molecule has 0 amide bonds. The SMILES string of the molecule is CCNC(=NCc1ccc(CN(C)C)cc1)NCc1ccccc1OCC.I. The smallest absolute Gasteiger partial charge is 0.191 e. The molecule has 0 aliphatic heterocycles. The number of guanidine groups is 1. The van der Waals surface area contributed by atoms with Crippen LogP contribution in [0.4, 0.5) is 0 Å². The zero-order valence-electron chi connectivity index (χ0n) is 17.4. The first kappa shape index (κ1) is 24.2. The first-order valence-corrected chi connectivity index (χ1v) is 9.57. The first-order chi connectivity index (χ1) is 13.1. The van der Waals surface area contributed by atoms with Crippen LogP contribution in [-0.4, -0.2) is 38.1 Å². The second-order valence-corrected chi connectivity index (χ2v) is 6.64. The van der Waals surface area contributed by atoms with Gasteiger partial charge in [0.1, 0.15) is 5.75 Å². The van der Waals surface area contributed by atoms with Crippen LogP contribution in [0.25, 0.3) is 0 Å². The van der Waals surface area contributed by atoms with E-state index in [4.69, 9.17) is 9.73 Å². The van der Waals surface area contributed by atoms with Crippen molar-refractivity contribution in [3.05, 3.63) is 65.2 Å². The topological polar surface area (TPSA) is 48.9 Å². The number of aliphatic imine (C=N–C) groups is 1. The Bertz CT molecular complexity index is 717. The molecule has 0 aliphatic carbocycles. The van der Waals surface area contributed by atoms with Crippen molar-refractivity contribution in [2.75, 3.05) is 27.2 Å². The fraction of sp³-hybridized carbons (Fsp3) is 0.409. The maximum Gasteiger partial charge on any atom is 0.191 e. The van der Waals surface area contributed by atoms with Crippen molar-refractivity contribution < 1.29 is 4.74 Å². The summed E-state index contributed by atoms with van der Waals surface area (Å²) >= 11 is 0. The number of nitrogens with zero attached hydrogens (tertiary/aromatic N) is 2. The summed E-state index contributed by atoms with van der Waals surface area (Å²) < 4.78 is 5.69. The lowest BCUT2D eigenvalue weighted by molar-refractivity contribution is 0.336. The molecule has 0 radical (unpaired) electrons. The Hall–Kier alpha value is -1.80. The van der Waals surface area contributed by atoms with Crippen LogP contribution in [0.15, 0.2) is 53.5 Å². The van der Waals surface area contributed by atoms with E-state index in [1.54, 1.807) is 0 Å². The van der Waals surface area contributed by atoms with Crippen LogP contribution in [0.5, 0.6) is 5.75 Å². The monoisotopic (exact) mass is 496 g/mol. The number of hydrogen-bond donors (Lipinski definition) is 2. The lowest BCUT2D eigenvalue weighted by Crippen LogP contribution is -2.36. The highest BCUT2D eigenvalue weighted by Crippen LogP contribution is 2.17. The summed E-state index contributed by atoms with van der Waals surface area (Å²) in [5.74, 6) is 1.72. The van der Waals surface area contributed by atoms with Crippen LogP contribution in [0, 0.1) is 0 Å². The van der Waals surface area contributed by atoms with Gasteiger partial charge >= 0.3 is 0 Å². The summed E-state index contributed by atoms with van der Waals surface area (Å²) in [6.45, 7) is 7.82. The van der Waals surface area contributed by atoms with Gasteiger partial charge in [0.2, 0.25) is 0 Å². The molecule has 0 fully saturated rings. The molecule has 0 heterocycles. The third-order valence-electron chi connectivity index (χ3n) is 4.00. The Morgan fingerprint density at radius 2 is 1.64 bits per heavy atom. The van der Waals surface area contributed by atoms with Gasteiger partial charge in [-0.3, -0.25) is 0 Å². The van der Waals surface area contributed by atoms with Crippen LogP contribution in [0.1, 0.15) is 30.5 Å². The van der Waals surface area contributed by atoms with E-state index in [0.717, 1.165) is 30.4 Å². The number of nitrogens with one attached hydrogen (secondary N) is 2. The summed E-state index contributed by atoms with van der Waals surface area (Å²) in [7, 11) is 4.16. The van der Waals surface area contributed by atoms with Gasteiger partial charge < -0.3 is 20.3 Å². The summed E-state index contributed by atoms with van der Waals surface area (Å²) in [5.41, 5.74) is 3.63. The quantitative estimate of drug-likeness (QED) is 0.313. The van der Waals surface area contributed by atoms with Crippen LogP contribution in [0.2, 0.25) is 0 Å². The fourth-order valence-electron chi connectivity index (χ4n) is 2.75. The van der Waals surface area contributed by atoms with Crippen molar-refractivity contribution >= 4 is 29.9 Å². The molecule has 0 atom stereocenters. The number of ether oxygens (including phenoxy) is 1. The number of rotatable bonds is 9. The lowest BCUT2D eigenvalue weighted by Gasteiger charge is -2.14. The van der Waals surface area contributed by atoms with Crippen LogP contribution < -0.4 is 15.4 Å². The maximum atomic E-state index is 5.69. The minimum absolute atomic E-state index is 0. The molecular formula is C22H33IN4O. The molecule has 5 nitrogen and oxygen atoms in total. The highest BCUT2D eigenvalue weighted by Gasteiger charge is 2.04. The summed E-state index contributed by atoms with van der Waals surface area (Å²) in [5, 5.41) is 6.70. The summed E-state index contributed by atoms with van der Waals surface area (Å²) in [6, 6.07) is 16.7. The van der Waals surface area contributed by atoms with Gasteiger partial charge in [-0.2, -0.15) is 0 Å². The third-order valence-corrected chi connectivity index (χ3v) is 4.00. The molecule has 0 saturated carbocycles. The second-order valence-electron chi connectivity index (χ2n) is 6.64. The van der Waals surface area contributed by atoms with Crippen molar-refractivity contribution in [1.82, 2.24) is 15.5 Å². The molecule has 0 aliphatic rings. The van der Waals surface area contributed by atoms with Gasteiger partial charge in [0.05, 0.1) is 13.2 Å². The van der Waals surface area contributed by atoms with Gasteiger partial charge in [0.25, 0.3) is 0 Å². The van der Waals surface area contributed by atoms with E-state index in [-0.39, 0.29) is 24.0 Å². The van der Waals surface area contributed by atoms with E-state index in [1.165, 1.54) is 11.1 Å². The number of benzene rings is 2. The molecule has 6 heteroatoms. The predicted molar refractivity (Wildman–Crippen MR) is 129 cm³/mol. The summed E-state index contributed by atoms with van der Waals surface area (Å²) in [6.07, 6.45) is 0. The van der Waals surface area contributed by atoms with E-state index in [2.05, 4.69) is 66.9 Å². The minimum atomic E-state index is 0. The number of para-hydroxylation sites is 1. The molecule has 2 N–H and O–H groups in total. The molecule has 0 saturated heterocycles. The highest BCUT2D eigenvalue weighted by atomic mass is 127. The van der Waals surface area contributed by atoms with Crippen molar-refractivity contribution in [1.29, 1.82) is 0 Å². The van der Waals surface area contributed by atoms with E-state index in [1.807, 2.05) is 25.1 Å². The average Bonchev–Trinajstić information content (AvgIpc) is 2.66. The largest absolute Gasteiger partial charge is 0.494 e. The molecule has 0 bridgehead atoms. The van der Waals surface area contributed by atoms with Crippen molar-refractivity contribution in [2.24, 2.45) is 4.99 Å². The average molecular weight is 496 g/mol. The molecule has 0 unspecified atom stereocenters. The van der Waals surface area contributed by atoms with Crippen LogP contribution in [-0.2, 0) is 19.6 Å². The van der Waals surface area contributed by atoms with E-state index in [9.17, 15) is 0 Å². The molecule has 0 spiro atoms. The van der Waals surface area contributed by atoms with Crippen molar-refractivity contribution in [2.45, 2.75) is 33.5 Å². The molecule has 28 heavy (non-hydrogen) atoms. The second kappa shape index (κ2) is 13.4. The van der Waals surface area contributed by atoms with Crippen LogP contribution >= 0.6 is 24.0 Å². The van der Waals surface area contributed by atoms with Gasteiger partial charge in [0.15, 0.2) is 5.96 Å². The number of halogens is 1. The van der Waals surface area contributed by atoms with Gasteiger partial charge in [-0.05, 0) is 45.1 Å². The minimum Gasteiger partial charge on any atom is -0.494 e. The Kier molecular flexibility index (Phi) is 11.6. The van der Waals surface area contributed by atoms with Crippen molar-refractivity contribution in [3.63, 3.8) is 0 Å². The normalized spacial score (nSPS) is 11.1. The summed E-state index contributed by atoms with van der Waals surface area (Å²) in [4.78, 5) is 6.88. The maximum absolute atomic E-state index is 5.69. The number of hydrogen-bond acceptors (Lipinski definition) is 3. The highest BCUT2D eigenvalue weighted by molar-refractivity contribution is 14.0. The van der Waals surface area contributed by atoms with Crippen molar-refractivity contribution in [3.8, 4) is 5.75 Å². The Labute approximate surface area is 186 Å². The van der Waals surface area contributed by atoms with Gasteiger partial charge in [-0.1, -0.05) is 42.5 Å². The molecule has 2 rings (SSSR count). The first-order valence-electron chi connectivity index (χ1n) is 9.57. The molecule has 0 aromatic heterocycles. The van der Waals surface area contributed by atoms with Gasteiger partial charge in [-0.25, -0.2) is 4.99 Å². The van der Waals surface area contributed by atoms with E-state index >= 15 is 0 Å². The Morgan fingerprint density at radius 3 is 2.29 bits per heavy atom. The Balaban J connectivity index is 0.00000392. The van der Waals surface area contributed by atoms with Gasteiger partial charge in [-0.15, -0.1) is 24.0 Å². The zero-order chi connectivity index (χ0) is 19.5. The fourth-order valence-corrected chi connectivity index (χ4v) is 2.75. The standard InChI is InChI=1S/C22H32N4O.HI/c1-5-23-22(25-16-20-9-7-8-10-21(20)27-6-2)24-15-18-11-13-19(14-12-18)17-26(3)4;/h7-14H,5-6,15-17H2,1-4H3,(H2,23,24,25);1H. The molecule has 2 aromatic rings. The van der Waals surface area contributed by atoms with Crippen LogP contribution in [0.3, 0.4) is 0 Å². The molecule has 2 aromatic carbocycles. The predicted octanol–water partition coefficient (Wildman–Crippen LogP) is 4.02. The molecular weight excluding hydrogens is 463 g/mol. The van der Waals surface area contributed by atoms with E-state index < -0.39 is 0 Å². The van der Waals surface area contributed by atoms with Gasteiger partial charge in [0, 0.05) is 25.2 Å². The Morgan fingerprint density at radius 1 is 0.964 bits per heavy atom.